The minimum Gasteiger partial charge on any atom is -0.332 e. The van der Waals surface area contributed by atoms with Gasteiger partial charge in [-0.2, -0.15) is 5.26 Å². The Bertz CT molecular complexity index is 1160. The van der Waals surface area contributed by atoms with Crippen molar-refractivity contribution in [2.24, 2.45) is 0 Å². The van der Waals surface area contributed by atoms with Gasteiger partial charge in [-0.3, -0.25) is 9.36 Å². The first-order valence-electron chi connectivity index (χ1n) is 7.99. The van der Waals surface area contributed by atoms with Gasteiger partial charge in [-0.15, -0.1) is 11.3 Å². The molecule has 0 radical (unpaired) electrons. The molecule has 0 aliphatic rings. The SMILES string of the molecule is N#Cc1ccccc1/C=C/NC(=O)C(c1csc2ccc(Cl)cc12)P(=O)(O)O. The summed E-state index contributed by atoms with van der Waals surface area (Å²) in [5, 5.41) is 14.0. The van der Waals surface area contributed by atoms with Crippen LogP contribution in [0.25, 0.3) is 16.2 Å². The average molecular weight is 433 g/mol. The smallest absolute Gasteiger partial charge is 0.332 e. The fourth-order valence-electron chi connectivity index (χ4n) is 2.74. The van der Waals surface area contributed by atoms with Crippen LogP contribution < -0.4 is 5.32 Å². The molecule has 3 N–H and O–H groups in total. The lowest BCUT2D eigenvalue weighted by atomic mass is 10.1. The molecular formula is C19H14ClN2O4PS. The summed E-state index contributed by atoms with van der Waals surface area (Å²) in [6.07, 6.45) is 2.76. The Morgan fingerprint density at radius 2 is 2.04 bits per heavy atom. The first-order chi connectivity index (χ1) is 13.3. The zero-order chi connectivity index (χ0) is 20.3. The number of amides is 1. The fraction of sp³-hybridized carbons (Fsp3) is 0.0526. The van der Waals surface area contributed by atoms with Gasteiger partial charge < -0.3 is 15.1 Å². The molecule has 0 aliphatic carbocycles. The molecule has 9 heteroatoms. The van der Waals surface area contributed by atoms with Crippen molar-refractivity contribution in [3.05, 3.63) is 75.8 Å². The topological polar surface area (TPSA) is 110 Å². The first kappa shape index (κ1) is 20.3. The second kappa shape index (κ2) is 8.27. The highest BCUT2D eigenvalue weighted by molar-refractivity contribution is 7.53. The lowest BCUT2D eigenvalue weighted by molar-refractivity contribution is -0.120. The summed E-state index contributed by atoms with van der Waals surface area (Å²) in [5.74, 6) is -0.848. The maximum atomic E-state index is 12.6. The number of carbonyl (C=O) groups is 1. The number of carbonyl (C=O) groups excluding carboxylic acids is 1. The van der Waals surface area contributed by atoms with E-state index < -0.39 is 19.2 Å². The molecule has 2 aromatic carbocycles. The molecule has 0 saturated carbocycles. The Balaban J connectivity index is 1.91. The van der Waals surface area contributed by atoms with Gasteiger partial charge in [0.05, 0.1) is 11.6 Å². The number of hydrogen-bond donors (Lipinski definition) is 3. The summed E-state index contributed by atoms with van der Waals surface area (Å²) in [7, 11) is -4.80. The van der Waals surface area contributed by atoms with Crippen molar-refractivity contribution >= 4 is 52.6 Å². The van der Waals surface area contributed by atoms with Crippen molar-refractivity contribution in [3.8, 4) is 6.07 Å². The molecule has 1 amide bonds. The molecule has 1 aromatic heterocycles. The van der Waals surface area contributed by atoms with Gasteiger partial charge in [0, 0.05) is 15.9 Å². The standard InChI is InChI=1S/C19H14ClN2O4PS/c20-14-5-6-17-15(9-14)16(11-28-17)18(27(24,25)26)19(23)22-8-7-12-3-1-2-4-13(12)10-21/h1-9,11,18H,(H,22,23)(H2,24,25,26)/b8-7+. The molecular weight excluding hydrogens is 419 g/mol. The number of nitrogens with zero attached hydrogens (tertiary/aromatic N) is 1. The van der Waals surface area contributed by atoms with Gasteiger partial charge in [-0.05, 0) is 52.2 Å². The molecule has 3 aromatic rings. The fourth-order valence-corrected chi connectivity index (χ4v) is 4.94. The van der Waals surface area contributed by atoms with Crippen LogP contribution >= 0.6 is 30.5 Å². The van der Waals surface area contributed by atoms with Gasteiger partial charge in [0.1, 0.15) is 0 Å². The van der Waals surface area contributed by atoms with Crippen molar-refractivity contribution in [2.75, 3.05) is 0 Å². The van der Waals surface area contributed by atoms with E-state index in [9.17, 15) is 19.1 Å². The number of nitriles is 1. The molecule has 1 atom stereocenters. The lowest BCUT2D eigenvalue weighted by Gasteiger charge is -2.16. The van der Waals surface area contributed by atoms with Crippen LogP contribution in [0.15, 0.2) is 54.0 Å². The average Bonchev–Trinajstić information content (AvgIpc) is 3.03. The van der Waals surface area contributed by atoms with E-state index in [1.54, 1.807) is 47.8 Å². The number of rotatable bonds is 5. The third-order valence-corrected chi connectivity index (χ3v) is 6.42. The molecule has 3 rings (SSSR count). The highest BCUT2D eigenvalue weighted by atomic mass is 35.5. The number of thiophene rings is 1. The highest BCUT2D eigenvalue weighted by Crippen LogP contribution is 2.54. The van der Waals surface area contributed by atoms with Crippen LogP contribution in [0.1, 0.15) is 22.3 Å². The summed E-state index contributed by atoms with van der Waals surface area (Å²) in [5.41, 5.74) is -0.460. The van der Waals surface area contributed by atoms with Gasteiger partial charge in [-0.1, -0.05) is 29.8 Å². The molecule has 1 unspecified atom stereocenters. The summed E-state index contributed by atoms with van der Waals surface area (Å²) in [4.78, 5) is 32.2. The van der Waals surface area contributed by atoms with E-state index in [0.29, 0.717) is 21.5 Å². The summed E-state index contributed by atoms with van der Waals surface area (Å²) in [6, 6.07) is 13.8. The van der Waals surface area contributed by atoms with Crippen LogP contribution in [0.3, 0.4) is 0 Å². The molecule has 0 saturated heterocycles. The van der Waals surface area contributed by atoms with E-state index in [4.69, 9.17) is 16.9 Å². The third kappa shape index (κ3) is 4.33. The second-order valence-electron chi connectivity index (χ2n) is 5.86. The Hall–Kier alpha value is -2.46. The third-order valence-electron chi connectivity index (χ3n) is 4.01. The molecule has 28 heavy (non-hydrogen) atoms. The first-order valence-corrected chi connectivity index (χ1v) is 10.9. The van der Waals surface area contributed by atoms with Gasteiger partial charge in [0.25, 0.3) is 0 Å². The van der Waals surface area contributed by atoms with Crippen LogP contribution in [0.2, 0.25) is 5.02 Å². The van der Waals surface area contributed by atoms with Gasteiger partial charge in [0.2, 0.25) is 5.91 Å². The predicted octanol–water partition coefficient (Wildman–Crippen LogP) is 4.43. The maximum absolute atomic E-state index is 12.6. The minimum atomic E-state index is -4.80. The van der Waals surface area contributed by atoms with Crippen LogP contribution in [-0.2, 0) is 9.36 Å². The van der Waals surface area contributed by atoms with Gasteiger partial charge >= 0.3 is 7.60 Å². The monoisotopic (exact) mass is 432 g/mol. The minimum absolute atomic E-state index is 0.221. The van der Waals surface area contributed by atoms with Crippen molar-refractivity contribution < 1.29 is 19.1 Å². The lowest BCUT2D eigenvalue weighted by Crippen LogP contribution is -2.25. The van der Waals surface area contributed by atoms with Gasteiger partial charge in [-0.25, -0.2) is 0 Å². The van der Waals surface area contributed by atoms with Crippen LogP contribution in [0, 0.1) is 11.3 Å². The van der Waals surface area contributed by atoms with Gasteiger partial charge in [0.15, 0.2) is 5.66 Å². The second-order valence-corrected chi connectivity index (χ2v) is 8.91. The maximum Gasteiger partial charge on any atom is 0.342 e. The normalized spacial score (nSPS) is 12.8. The Morgan fingerprint density at radius 3 is 2.75 bits per heavy atom. The number of fused-ring (bicyclic) bond motifs is 1. The summed E-state index contributed by atoms with van der Waals surface area (Å²) < 4.78 is 12.8. The van der Waals surface area contributed by atoms with Crippen molar-refractivity contribution in [2.45, 2.75) is 5.66 Å². The summed E-state index contributed by atoms with van der Waals surface area (Å²) in [6.45, 7) is 0. The Kier molecular flexibility index (Phi) is 5.99. The predicted molar refractivity (Wildman–Crippen MR) is 110 cm³/mol. The van der Waals surface area contributed by atoms with E-state index in [-0.39, 0.29) is 5.56 Å². The van der Waals surface area contributed by atoms with E-state index in [1.165, 1.54) is 23.6 Å². The molecule has 0 aliphatic heterocycles. The van der Waals surface area contributed by atoms with E-state index in [0.717, 1.165) is 4.70 Å². The van der Waals surface area contributed by atoms with E-state index >= 15 is 0 Å². The molecule has 0 fully saturated rings. The number of benzene rings is 2. The zero-order valence-electron chi connectivity index (χ0n) is 14.2. The zero-order valence-corrected chi connectivity index (χ0v) is 16.7. The molecule has 142 valence electrons. The number of nitrogens with one attached hydrogen (secondary N) is 1. The van der Waals surface area contributed by atoms with Crippen LogP contribution in [0.5, 0.6) is 0 Å². The number of hydrogen-bond acceptors (Lipinski definition) is 4. The van der Waals surface area contributed by atoms with Crippen LogP contribution in [0.4, 0.5) is 0 Å². The van der Waals surface area contributed by atoms with E-state index in [1.807, 2.05) is 6.07 Å². The molecule has 0 spiro atoms. The summed E-state index contributed by atoms with van der Waals surface area (Å²) >= 11 is 7.27. The quantitative estimate of drug-likeness (QED) is 0.516. The largest absolute Gasteiger partial charge is 0.342 e. The molecule has 6 nitrogen and oxygen atoms in total. The Labute approximate surface area is 169 Å². The number of halogens is 1. The van der Waals surface area contributed by atoms with Crippen molar-refractivity contribution in [3.63, 3.8) is 0 Å². The Morgan fingerprint density at radius 1 is 1.29 bits per heavy atom. The van der Waals surface area contributed by atoms with Crippen LogP contribution in [-0.4, -0.2) is 15.7 Å². The molecule has 1 heterocycles. The van der Waals surface area contributed by atoms with E-state index in [2.05, 4.69) is 5.32 Å². The van der Waals surface area contributed by atoms with Crippen molar-refractivity contribution in [1.29, 1.82) is 5.26 Å². The highest BCUT2D eigenvalue weighted by Gasteiger charge is 2.38. The molecule has 0 bridgehead atoms. The van der Waals surface area contributed by atoms with Crippen molar-refractivity contribution in [1.82, 2.24) is 5.32 Å².